The predicted molar refractivity (Wildman–Crippen MR) is 108 cm³/mol. The smallest absolute Gasteiger partial charge is 0.261 e. The molecule has 0 radical (unpaired) electrons. The Morgan fingerprint density at radius 2 is 1.31 bits per heavy atom. The van der Waals surface area contributed by atoms with Crippen molar-refractivity contribution < 1.29 is 14.3 Å². The number of nitrogens with zero attached hydrogens (tertiary/aromatic N) is 1. The minimum atomic E-state index is -0.149. The Kier molecular flexibility index (Phi) is 9.06. The molecule has 1 aromatic rings. The number of carbonyl (C=O) groups excluding carboxylic acids is 2. The number of carbonyl (C=O) groups is 2. The Bertz CT molecular complexity index is 600. The van der Waals surface area contributed by atoms with Gasteiger partial charge in [-0.25, -0.2) is 0 Å². The molecule has 1 aliphatic heterocycles. The third-order valence-electron chi connectivity index (χ3n) is 4.62. The highest BCUT2D eigenvalue weighted by molar-refractivity contribution is 7.82. The second kappa shape index (κ2) is 11.3. The molecule has 0 atom stereocenters. The molecule has 0 spiro atoms. The van der Waals surface area contributed by atoms with Crippen molar-refractivity contribution in [1.82, 2.24) is 4.90 Å². The minimum absolute atomic E-state index is 0.103. The van der Waals surface area contributed by atoms with Gasteiger partial charge in [-0.3, -0.25) is 14.5 Å². The molecule has 2 amide bonds. The van der Waals surface area contributed by atoms with Crippen LogP contribution < -0.4 is 0 Å². The maximum absolute atomic E-state index is 12.2. The van der Waals surface area contributed by atoms with Crippen molar-refractivity contribution in [2.45, 2.75) is 57.8 Å². The van der Waals surface area contributed by atoms with E-state index in [1.54, 1.807) is 24.3 Å². The summed E-state index contributed by atoms with van der Waals surface area (Å²) < 4.78 is 5.14. The Morgan fingerprint density at radius 1 is 0.846 bits per heavy atom. The fraction of sp³-hybridized carbons (Fsp3) is 0.550. The lowest BCUT2D eigenvalue weighted by Crippen LogP contribution is -2.30. The second-order valence-electron chi connectivity index (χ2n) is 6.58. The van der Waals surface area contributed by atoms with Gasteiger partial charge in [0.25, 0.3) is 16.3 Å². The molecule has 0 bridgehead atoms. The summed E-state index contributed by atoms with van der Waals surface area (Å²) in [5, 5.41) is 0. The molecule has 2 rings (SSSR count). The summed E-state index contributed by atoms with van der Waals surface area (Å²) in [5.41, 5.74) is 1.08. The molecule has 1 aromatic carbocycles. The molecule has 0 aliphatic carbocycles. The van der Waals surface area contributed by atoms with Crippen molar-refractivity contribution in [2.75, 3.05) is 13.2 Å². The van der Waals surface area contributed by atoms with Gasteiger partial charge in [-0.2, -0.15) is 0 Å². The summed E-state index contributed by atoms with van der Waals surface area (Å²) in [6.45, 7) is 1.13. The lowest BCUT2D eigenvalue weighted by atomic mass is 10.1. The third-order valence-corrected chi connectivity index (χ3v) is 4.85. The third kappa shape index (κ3) is 6.36. The molecule has 26 heavy (non-hydrogen) atoms. The van der Waals surface area contributed by atoms with Crippen LogP contribution in [-0.2, 0) is 4.74 Å². The van der Waals surface area contributed by atoms with E-state index < -0.39 is 0 Å². The van der Waals surface area contributed by atoms with Gasteiger partial charge in [0.15, 0.2) is 0 Å². The van der Waals surface area contributed by atoms with E-state index in [-0.39, 0.29) is 16.3 Å². The number of thiocarbonyl (C=S) groups is 1. The molecule has 1 heterocycles. The fourth-order valence-corrected chi connectivity index (χ4v) is 3.36. The van der Waals surface area contributed by atoms with Crippen LogP contribution in [0.1, 0.15) is 78.5 Å². The summed E-state index contributed by atoms with van der Waals surface area (Å²) in [6, 6.07) is 7.05. The Balaban J connectivity index is 1.47. The normalized spacial score (nSPS) is 13.2. The number of halogens is 1. The second-order valence-corrected chi connectivity index (χ2v) is 7.51. The Hall–Kier alpha value is -1.46. The maximum Gasteiger partial charge on any atom is 0.261 e. The molecular formula is C20H26ClNO3S. The van der Waals surface area contributed by atoms with Gasteiger partial charge in [-0.1, -0.05) is 57.1 Å². The van der Waals surface area contributed by atoms with Gasteiger partial charge < -0.3 is 4.74 Å². The number of hydrogen-bond donors (Lipinski definition) is 0. The summed E-state index contributed by atoms with van der Waals surface area (Å²) in [7, 11) is 0. The number of fused-ring (bicyclic) bond motifs is 1. The first-order valence-corrected chi connectivity index (χ1v) is 10.2. The quantitative estimate of drug-likeness (QED) is 0.207. The predicted octanol–water partition coefficient (Wildman–Crippen LogP) is 5.33. The standard InChI is InChI=1S/C20H26ClNO3S/c21-20(26)25-15-11-7-5-3-1-2-4-6-10-14-22-18(23)16-12-8-9-13-17(16)19(22)24/h8-9,12-13H,1-7,10-11,14-15H2. The first-order chi connectivity index (χ1) is 12.6. The lowest BCUT2D eigenvalue weighted by molar-refractivity contribution is 0.0651. The van der Waals surface area contributed by atoms with E-state index in [0.717, 1.165) is 32.1 Å². The highest BCUT2D eigenvalue weighted by atomic mass is 35.5. The molecule has 1 aliphatic rings. The van der Waals surface area contributed by atoms with Gasteiger partial charge in [-0.15, -0.1) is 0 Å². The van der Waals surface area contributed by atoms with Gasteiger partial charge in [0.2, 0.25) is 0 Å². The molecule has 0 aromatic heterocycles. The molecule has 0 unspecified atom stereocenters. The zero-order chi connectivity index (χ0) is 18.8. The topological polar surface area (TPSA) is 46.6 Å². The van der Waals surface area contributed by atoms with E-state index in [1.807, 2.05) is 0 Å². The highest BCUT2D eigenvalue weighted by Gasteiger charge is 2.34. The summed E-state index contributed by atoms with van der Waals surface area (Å²) in [5.74, 6) is -0.297. The van der Waals surface area contributed by atoms with Crippen LogP contribution in [-0.4, -0.2) is 34.4 Å². The first-order valence-electron chi connectivity index (χ1n) is 9.38. The van der Waals surface area contributed by atoms with Crippen LogP contribution in [0.5, 0.6) is 0 Å². The van der Waals surface area contributed by atoms with Crippen molar-refractivity contribution >= 4 is 40.1 Å². The van der Waals surface area contributed by atoms with E-state index in [9.17, 15) is 9.59 Å². The SMILES string of the molecule is O=C1c2ccccc2C(=O)N1CCCCCCCCCCCOC(=S)Cl. The maximum atomic E-state index is 12.2. The van der Waals surface area contributed by atoms with Crippen LogP contribution in [0.3, 0.4) is 0 Å². The number of hydrogen-bond acceptors (Lipinski definition) is 4. The first kappa shape index (κ1) is 20.8. The molecule has 0 fully saturated rings. The van der Waals surface area contributed by atoms with Crippen LogP contribution in [0.25, 0.3) is 0 Å². The lowest BCUT2D eigenvalue weighted by Gasteiger charge is -2.13. The Labute approximate surface area is 165 Å². The van der Waals surface area contributed by atoms with Crippen molar-refractivity contribution in [3.05, 3.63) is 35.4 Å². The van der Waals surface area contributed by atoms with Gasteiger partial charge in [0, 0.05) is 6.54 Å². The largest absolute Gasteiger partial charge is 0.475 e. The van der Waals surface area contributed by atoms with Crippen molar-refractivity contribution in [3.8, 4) is 0 Å². The zero-order valence-corrected chi connectivity index (χ0v) is 16.6. The van der Waals surface area contributed by atoms with Crippen LogP contribution in [0, 0.1) is 0 Å². The van der Waals surface area contributed by atoms with Crippen LogP contribution in [0.4, 0.5) is 0 Å². The van der Waals surface area contributed by atoms with Crippen LogP contribution >= 0.6 is 23.8 Å². The number of benzene rings is 1. The van der Waals surface area contributed by atoms with E-state index in [2.05, 4.69) is 12.2 Å². The summed E-state index contributed by atoms with van der Waals surface area (Å²) >= 11 is 10.1. The van der Waals surface area contributed by atoms with Crippen molar-refractivity contribution in [3.63, 3.8) is 0 Å². The molecule has 4 nitrogen and oxygen atoms in total. The average Bonchev–Trinajstić information content (AvgIpc) is 2.87. The van der Waals surface area contributed by atoms with Gasteiger partial charge in [0.1, 0.15) is 0 Å². The summed E-state index contributed by atoms with van der Waals surface area (Å²) in [6.07, 6.45) is 10.1. The molecule has 0 saturated carbocycles. The fourth-order valence-electron chi connectivity index (χ4n) is 3.20. The highest BCUT2D eigenvalue weighted by Crippen LogP contribution is 2.23. The number of ether oxygens (including phenoxy) is 1. The number of imide groups is 1. The molecular weight excluding hydrogens is 370 g/mol. The molecule has 0 saturated heterocycles. The number of rotatable bonds is 12. The van der Waals surface area contributed by atoms with Gasteiger partial charge in [-0.05, 0) is 48.8 Å². The molecule has 0 N–H and O–H groups in total. The number of amides is 2. The average molecular weight is 396 g/mol. The zero-order valence-electron chi connectivity index (χ0n) is 15.0. The molecule has 6 heteroatoms. The van der Waals surface area contributed by atoms with E-state index in [1.165, 1.54) is 30.6 Å². The number of unbranched alkanes of at least 4 members (excludes halogenated alkanes) is 8. The van der Waals surface area contributed by atoms with Crippen LogP contribution in [0.2, 0.25) is 0 Å². The van der Waals surface area contributed by atoms with Crippen molar-refractivity contribution in [2.24, 2.45) is 0 Å². The minimum Gasteiger partial charge on any atom is -0.475 e. The van der Waals surface area contributed by atoms with Crippen molar-refractivity contribution in [1.29, 1.82) is 0 Å². The van der Waals surface area contributed by atoms with E-state index >= 15 is 0 Å². The van der Waals surface area contributed by atoms with E-state index in [4.69, 9.17) is 16.3 Å². The Morgan fingerprint density at radius 3 is 1.81 bits per heavy atom. The molecule has 142 valence electrons. The van der Waals surface area contributed by atoms with Gasteiger partial charge >= 0.3 is 0 Å². The van der Waals surface area contributed by atoms with Gasteiger partial charge in [0.05, 0.1) is 17.7 Å². The monoisotopic (exact) mass is 395 g/mol. The van der Waals surface area contributed by atoms with E-state index in [0.29, 0.717) is 24.3 Å². The summed E-state index contributed by atoms with van der Waals surface area (Å²) in [4.78, 5) is 25.9. The van der Waals surface area contributed by atoms with Crippen LogP contribution in [0.15, 0.2) is 24.3 Å².